The molecule has 98 heavy (non-hydrogen) atoms. The molecule has 496 valence electrons. The minimum atomic E-state index is -2.43. The summed E-state index contributed by atoms with van der Waals surface area (Å²) in [5, 5.41) is 8.71. The Labute approximate surface area is 587 Å². The summed E-state index contributed by atoms with van der Waals surface area (Å²) >= 11 is 0. The van der Waals surface area contributed by atoms with Crippen molar-refractivity contribution in [3.8, 4) is 0 Å². The normalized spacial score (nSPS) is 19.8. The quantitative estimate of drug-likeness (QED) is 0.152. The Hall–Kier alpha value is -10.7. The number of furan rings is 4. The molecule has 8 heterocycles. The Morgan fingerprint density at radius 1 is 0.327 bits per heavy atom. The van der Waals surface area contributed by atoms with Gasteiger partial charge in [-0.05, 0) is 168 Å². The molecule has 18 rings (SSSR count). The summed E-state index contributed by atoms with van der Waals surface area (Å²) in [4.78, 5) is 15.9. The van der Waals surface area contributed by atoms with Crippen LogP contribution in [0.2, 0.25) is 0 Å². The second-order valence-corrected chi connectivity index (χ2v) is 26.5. The molecule has 0 N–H and O–H groups in total. The van der Waals surface area contributed by atoms with E-state index in [9.17, 15) is 0 Å². The van der Waals surface area contributed by atoms with Gasteiger partial charge in [0.25, 0.3) is 0 Å². The number of fused-ring (bicyclic) bond motifs is 14. The van der Waals surface area contributed by atoms with Crippen LogP contribution in [-0.4, -0.2) is 59.5 Å². The first-order valence-corrected chi connectivity index (χ1v) is 33.7. The van der Waals surface area contributed by atoms with Crippen LogP contribution in [0.15, 0.2) is 237 Å². The van der Waals surface area contributed by atoms with E-state index >= 15 is 0 Å². The average molecular weight is 1310 g/mol. The number of anilines is 8. The molecule has 4 aliphatic heterocycles. The van der Waals surface area contributed by atoms with E-state index in [4.69, 9.17) is 30.0 Å². The van der Waals surface area contributed by atoms with E-state index in [-0.39, 0.29) is 24.7 Å². The number of hydrogen-bond donors (Lipinski definition) is 0. The predicted octanol–water partition coefficient (Wildman–Crippen LogP) is 22.9. The number of aryl methyl sites for hydroxylation is 4. The van der Waals surface area contributed by atoms with Gasteiger partial charge < -0.3 is 56.9 Å². The van der Waals surface area contributed by atoms with Crippen LogP contribution in [0.25, 0.3) is 87.8 Å². The molecule has 14 aromatic rings. The molecule has 0 fully saturated rings. The van der Waals surface area contributed by atoms with Crippen LogP contribution in [0.3, 0.4) is 0 Å². The van der Waals surface area contributed by atoms with Gasteiger partial charge in [-0.1, -0.05) is 146 Å². The highest BCUT2D eigenvalue weighted by molar-refractivity contribution is 6.14. The highest BCUT2D eigenvalue weighted by atomic mass is 16.3. The molecule has 4 aliphatic rings. The van der Waals surface area contributed by atoms with Crippen molar-refractivity contribution in [3.05, 3.63) is 241 Å². The van der Waals surface area contributed by atoms with Gasteiger partial charge in [0.15, 0.2) is 22.3 Å². The van der Waals surface area contributed by atoms with Crippen molar-refractivity contribution < 1.29 is 30.0 Å². The first-order valence-electron chi connectivity index (χ1n) is 38.2. The number of hydrogen-bond acceptors (Lipinski definition) is 12. The Morgan fingerprint density at radius 2 is 0.653 bits per heavy atom. The fraction of sp³-hybridized carbons (Fsp3) is 0.256. The van der Waals surface area contributed by atoms with Gasteiger partial charge in [0.2, 0.25) is 0 Å². The van der Waals surface area contributed by atoms with Crippen molar-refractivity contribution in [2.45, 2.75) is 140 Å². The molecule has 0 saturated carbocycles. The van der Waals surface area contributed by atoms with Gasteiger partial charge in [0.05, 0.1) is 49.6 Å². The maximum Gasteiger partial charge on any atom is 0.159 e. The van der Waals surface area contributed by atoms with Gasteiger partial charge in [-0.3, -0.25) is 0 Å². The second-order valence-electron chi connectivity index (χ2n) is 26.5. The zero-order valence-electron chi connectivity index (χ0n) is 66.8. The number of benzene rings is 10. The average Bonchev–Trinajstić information content (AvgIpc) is 1.58. The van der Waals surface area contributed by atoms with Gasteiger partial charge in [0.1, 0.15) is 47.0 Å². The lowest BCUT2D eigenvalue weighted by molar-refractivity contribution is 0.263. The molecule has 0 spiro atoms. The van der Waals surface area contributed by atoms with Crippen molar-refractivity contribution in [1.29, 1.82) is 0 Å². The molecular formula is C86H88N8O4. The van der Waals surface area contributed by atoms with Crippen LogP contribution in [0, 0.1) is 27.7 Å². The van der Waals surface area contributed by atoms with Crippen LogP contribution in [0.4, 0.5) is 45.5 Å². The summed E-state index contributed by atoms with van der Waals surface area (Å²) in [5.41, 5.74) is 19.0. The summed E-state index contributed by atoms with van der Waals surface area (Å²) in [5.74, 6) is 0. The van der Waals surface area contributed by atoms with Crippen LogP contribution in [0.5, 0.6) is 0 Å². The molecule has 0 radical (unpaired) electrons. The van der Waals surface area contributed by atoms with Crippen molar-refractivity contribution in [2.24, 2.45) is 0 Å². The van der Waals surface area contributed by atoms with Crippen LogP contribution < -0.4 is 29.4 Å². The number of rotatable bonds is 7. The molecule has 0 aliphatic carbocycles. The van der Waals surface area contributed by atoms with Crippen LogP contribution in [0.1, 0.15) is 104 Å². The zero-order chi connectivity index (χ0) is 75.9. The monoisotopic (exact) mass is 1310 g/mol. The maximum absolute atomic E-state index is 8.72. The largest absolute Gasteiger partial charge is 0.454 e. The van der Waals surface area contributed by atoms with E-state index in [1.54, 1.807) is 11.1 Å². The Kier molecular flexibility index (Phi) is 13.7. The maximum atomic E-state index is 8.72. The van der Waals surface area contributed by atoms with E-state index in [0.717, 1.165) is 144 Å². The summed E-state index contributed by atoms with van der Waals surface area (Å²) in [6.45, 7) is 20.9. The molecule has 12 heteroatoms. The third-order valence-electron chi connectivity index (χ3n) is 20.0. The molecule has 4 aromatic heterocycles. The van der Waals surface area contributed by atoms with E-state index in [0.29, 0.717) is 5.69 Å². The topological polar surface area (TPSA) is 78.5 Å². The van der Waals surface area contributed by atoms with Crippen molar-refractivity contribution in [1.82, 2.24) is 9.80 Å². The van der Waals surface area contributed by atoms with Crippen LogP contribution in [-0.2, 0) is 0 Å². The summed E-state index contributed by atoms with van der Waals surface area (Å²) in [6, 6.07) is 62.0. The molecule has 0 bridgehead atoms. The highest BCUT2D eigenvalue weighted by Crippen LogP contribution is 2.51. The summed E-state index contributed by atoms with van der Waals surface area (Å²) in [6.07, 6.45) is 6.93. The van der Waals surface area contributed by atoms with E-state index < -0.39 is 31.9 Å². The first kappa shape index (κ1) is 53.4. The van der Waals surface area contributed by atoms with Gasteiger partial charge in [-0.15, -0.1) is 0 Å². The number of para-hydroxylation sites is 8. The lowest BCUT2D eigenvalue weighted by atomic mass is 10.1. The third kappa shape index (κ3) is 10.4. The summed E-state index contributed by atoms with van der Waals surface area (Å²) < 4.78 is 97.9. The molecule has 5 unspecified atom stereocenters. The standard InChI is InChI=1S/C24H24N2O.C22H20N2O.2C20H22N2O/c1-15(2)25-17(4)26(21-11-7-6-10-20(21)25)23-16(3)13-14-19-18-9-5-8-12-22(18)27-24(19)23;1-14-12-13-17-16-8-4-7-11-20(16)25-22(17)21(14)24-15(2)23(3)18-9-5-6-10-19(18)24;2*1-13(2)21-11-12-22(15(21)4)19-14(3)9-10-17-16-7-5-6-8-18(16)23-20(17)19/h5-15,17H,1-4H3;4-13,15H,1-3H3;2*5-13,15H,1-4H3/i15D;3D3;1D3,13D;13D. The molecule has 5 atom stereocenters. The van der Waals surface area contributed by atoms with Gasteiger partial charge in [-0.2, -0.15) is 0 Å². The second kappa shape index (κ2) is 25.0. The zero-order valence-corrected chi connectivity index (χ0v) is 57.8. The number of nitrogens with zero attached hydrogens (tertiary/aromatic N) is 8. The van der Waals surface area contributed by atoms with E-state index in [2.05, 4.69) is 138 Å². The van der Waals surface area contributed by atoms with Gasteiger partial charge in [0, 0.05) is 101 Å². The lowest BCUT2D eigenvalue weighted by Crippen LogP contribution is -2.42. The molecular weight excluding hydrogens is 1210 g/mol. The van der Waals surface area contributed by atoms with Crippen molar-refractivity contribution in [2.75, 3.05) is 36.4 Å². The van der Waals surface area contributed by atoms with Gasteiger partial charge in [-0.25, -0.2) is 0 Å². The highest BCUT2D eigenvalue weighted by Gasteiger charge is 2.38. The minimum Gasteiger partial charge on any atom is -0.454 e. The molecule has 0 saturated heterocycles. The lowest BCUT2D eigenvalue weighted by Gasteiger charge is -2.33. The van der Waals surface area contributed by atoms with Crippen molar-refractivity contribution in [3.63, 3.8) is 0 Å². The van der Waals surface area contributed by atoms with Crippen LogP contribution >= 0.6 is 0 Å². The molecule has 12 nitrogen and oxygen atoms in total. The Bertz CT molecular complexity index is 5650. The van der Waals surface area contributed by atoms with E-state index in [1.807, 2.05) is 187 Å². The first-order chi connectivity index (χ1) is 50.8. The molecule has 0 amide bonds. The Balaban J connectivity index is 0.000000114. The smallest absolute Gasteiger partial charge is 0.159 e. The predicted molar refractivity (Wildman–Crippen MR) is 412 cm³/mol. The Morgan fingerprint density at radius 3 is 1.02 bits per heavy atom. The fourth-order valence-electron chi connectivity index (χ4n) is 15.2. The molecule has 10 aromatic carbocycles. The third-order valence-corrected chi connectivity index (χ3v) is 20.0. The van der Waals surface area contributed by atoms with E-state index in [1.165, 1.54) is 17.4 Å². The van der Waals surface area contributed by atoms with Gasteiger partial charge >= 0.3 is 0 Å². The minimum absolute atomic E-state index is 0.00223. The van der Waals surface area contributed by atoms with Crippen molar-refractivity contribution >= 4 is 133 Å². The SMILES string of the molecule is [2H]C(C)(C)N1C=CN(c2c(C)ccc3c2oc2ccccc23)C1C.[2H]C(C)(C)N1c2ccccc2N(c2c(C)ccc3c2oc2ccccc23)C1C.[2H]C([2H])([2H])C([2H])(C)N1C=CN(c2c(C)ccc3c2oc2ccccc23)C1C.[2H]C([2H])([2H])N1c2ccccc2N(c2c(C)ccc3c2oc2ccccc23)C1C. The summed E-state index contributed by atoms with van der Waals surface area (Å²) in [7, 11) is 0. The fourth-order valence-corrected chi connectivity index (χ4v) is 15.2.